The first-order valence-corrected chi connectivity index (χ1v) is 5.41. The minimum atomic E-state index is -0.952. The summed E-state index contributed by atoms with van der Waals surface area (Å²) >= 11 is 0. The van der Waals surface area contributed by atoms with Gasteiger partial charge in [0.15, 0.2) is 0 Å². The maximum atomic E-state index is 11.3. The number of aromatic carboxylic acids is 1. The van der Waals surface area contributed by atoms with Crippen LogP contribution in [0.25, 0.3) is 11.1 Å². The second-order valence-electron chi connectivity index (χ2n) is 4.19. The molecule has 0 saturated carbocycles. The number of fused-ring (bicyclic) bond motifs is 3. The Bertz CT molecular complexity index is 632. The zero-order valence-electron chi connectivity index (χ0n) is 9.10. The molecule has 0 fully saturated rings. The lowest BCUT2D eigenvalue weighted by Gasteiger charge is -2.07. The molecule has 0 amide bonds. The van der Waals surface area contributed by atoms with Crippen LogP contribution in [-0.2, 0) is 6.42 Å². The van der Waals surface area contributed by atoms with E-state index in [9.17, 15) is 9.90 Å². The lowest BCUT2D eigenvalue weighted by Crippen LogP contribution is -2.06. The van der Waals surface area contributed by atoms with Gasteiger partial charge in [-0.2, -0.15) is 0 Å². The average Bonchev–Trinajstić information content (AvgIpc) is 2.66. The van der Waals surface area contributed by atoms with Gasteiger partial charge in [-0.1, -0.05) is 30.3 Å². The lowest BCUT2D eigenvalue weighted by atomic mass is 10.00. The molecule has 0 saturated heterocycles. The van der Waals surface area contributed by atoms with E-state index in [1.807, 2.05) is 30.3 Å². The summed E-state index contributed by atoms with van der Waals surface area (Å²) in [7, 11) is 0. The van der Waals surface area contributed by atoms with Crippen LogP contribution in [-0.4, -0.2) is 11.1 Å². The fourth-order valence-electron chi connectivity index (χ4n) is 2.48. The van der Waals surface area contributed by atoms with E-state index in [2.05, 4.69) is 0 Å². The van der Waals surface area contributed by atoms with Crippen molar-refractivity contribution in [2.75, 3.05) is 5.73 Å². The van der Waals surface area contributed by atoms with Gasteiger partial charge in [0.2, 0.25) is 0 Å². The summed E-state index contributed by atoms with van der Waals surface area (Å²) in [5, 5.41) is 9.23. The van der Waals surface area contributed by atoms with E-state index < -0.39 is 5.97 Å². The number of hydrogen-bond acceptors (Lipinski definition) is 2. The number of benzene rings is 2. The molecule has 84 valence electrons. The fraction of sp³-hybridized carbons (Fsp3) is 0.0714. The van der Waals surface area contributed by atoms with Crippen LogP contribution in [0.3, 0.4) is 0 Å². The van der Waals surface area contributed by atoms with Gasteiger partial charge in [-0.15, -0.1) is 0 Å². The molecule has 0 unspecified atom stereocenters. The third kappa shape index (κ3) is 1.32. The second-order valence-corrected chi connectivity index (χ2v) is 4.19. The molecular formula is C14H11NO2. The summed E-state index contributed by atoms with van der Waals surface area (Å²) in [5.74, 6) is -0.952. The highest BCUT2D eigenvalue weighted by Crippen LogP contribution is 2.39. The minimum absolute atomic E-state index is 0.249. The Hall–Kier alpha value is -2.29. The molecule has 2 aromatic carbocycles. The Morgan fingerprint density at radius 2 is 1.88 bits per heavy atom. The summed E-state index contributed by atoms with van der Waals surface area (Å²) in [6.45, 7) is 0. The van der Waals surface area contributed by atoms with Gasteiger partial charge in [-0.05, 0) is 34.7 Å². The molecule has 3 nitrogen and oxygen atoms in total. The van der Waals surface area contributed by atoms with Crippen LogP contribution in [0.5, 0.6) is 0 Å². The average molecular weight is 225 g/mol. The number of rotatable bonds is 1. The van der Waals surface area contributed by atoms with Crippen molar-refractivity contribution in [1.82, 2.24) is 0 Å². The molecule has 0 spiro atoms. The second kappa shape index (κ2) is 3.35. The first-order valence-electron chi connectivity index (χ1n) is 5.41. The molecule has 17 heavy (non-hydrogen) atoms. The highest BCUT2D eigenvalue weighted by Gasteiger charge is 2.24. The molecule has 0 aromatic heterocycles. The third-order valence-corrected chi connectivity index (χ3v) is 3.23. The maximum absolute atomic E-state index is 11.3. The number of anilines is 1. The molecule has 3 rings (SSSR count). The predicted octanol–water partition coefficient (Wildman–Crippen LogP) is 2.54. The molecule has 0 bridgehead atoms. The number of nitrogens with two attached hydrogens (primary N) is 1. The van der Waals surface area contributed by atoms with E-state index in [1.165, 1.54) is 0 Å². The first kappa shape index (κ1) is 9.90. The van der Waals surface area contributed by atoms with Crippen molar-refractivity contribution < 1.29 is 9.90 Å². The molecule has 1 aliphatic rings. The maximum Gasteiger partial charge on any atom is 0.338 e. The summed E-state index contributed by atoms with van der Waals surface area (Å²) in [6, 6.07) is 11.5. The quantitative estimate of drug-likeness (QED) is 0.625. The van der Waals surface area contributed by atoms with Gasteiger partial charge >= 0.3 is 5.97 Å². The van der Waals surface area contributed by atoms with Gasteiger partial charge in [0.25, 0.3) is 0 Å². The van der Waals surface area contributed by atoms with Crippen molar-refractivity contribution in [1.29, 1.82) is 0 Å². The predicted molar refractivity (Wildman–Crippen MR) is 66.1 cm³/mol. The van der Waals surface area contributed by atoms with E-state index in [0.29, 0.717) is 12.1 Å². The van der Waals surface area contributed by atoms with Crippen LogP contribution in [0.15, 0.2) is 36.4 Å². The standard InChI is InChI=1S/C14H11NO2/c15-12-6-5-10-9-4-2-1-3-8(9)7-11(10)13(12)14(16)17/h1-6H,7,15H2,(H,16,17). The van der Waals surface area contributed by atoms with Crippen molar-refractivity contribution in [2.24, 2.45) is 0 Å². The molecule has 0 aliphatic heterocycles. The van der Waals surface area contributed by atoms with Crippen LogP contribution in [0.2, 0.25) is 0 Å². The van der Waals surface area contributed by atoms with Crippen LogP contribution >= 0.6 is 0 Å². The molecule has 0 atom stereocenters. The number of hydrogen-bond donors (Lipinski definition) is 2. The topological polar surface area (TPSA) is 63.3 Å². The van der Waals surface area contributed by atoms with Gasteiger partial charge in [0, 0.05) is 5.69 Å². The van der Waals surface area contributed by atoms with Gasteiger partial charge in [0.05, 0.1) is 5.56 Å². The van der Waals surface area contributed by atoms with E-state index in [4.69, 9.17) is 5.73 Å². The van der Waals surface area contributed by atoms with E-state index in [0.717, 1.165) is 22.3 Å². The molecule has 3 N–H and O–H groups in total. The van der Waals surface area contributed by atoms with Crippen LogP contribution < -0.4 is 5.73 Å². The van der Waals surface area contributed by atoms with Crippen molar-refractivity contribution >= 4 is 11.7 Å². The Balaban J connectivity index is 2.31. The van der Waals surface area contributed by atoms with E-state index in [1.54, 1.807) is 6.07 Å². The Kier molecular flexibility index (Phi) is 1.95. The van der Waals surface area contributed by atoms with Crippen molar-refractivity contribution in [3.05, 3.63) is 53.1 Å². The summed E-state index contributed by atoms with van der Waals surface area (Å²) in [5.41, 5.74) is 10.4. The van der Waals surface area contributed by atoms with Gasteiger partial charge in [0.1, 0.15) is 0 Å². The number of carboxylic acid groups (broad SMARTS) is 1. The zero-order valence-corrected chi connectivity index (χ0v) is 9.10. The van der Waals surface area contributed by atoms with Crippen LogP contribution in [0, 0.1) is 0 Å². The Labute approximate surface area is 98.5 Å². The molecule has 1 aliphatic carbocycles. The molecule has 3 heteroatoms. The molecule has 0 heterocycles. The van der Waals surface area contributed by atoms with E-state index in [-0.39, 0.29) is 5.56 Å². The molecular weight excluding hydrogens is 214 g/mol. The summed E-state index contributed by atoms with van der Waals surface area (Å²) < 4.78 is 0. The number of carbonyl (C=O) groups is 1. The summed E-state index contributed by atoms with van der Waals surface area (Å²) in [6.07, 6.45) is 0.651. The van der Waals surface area contributed by atoms with E-state index >= 15 is 0 Å². The van der Waals surface area contributed by atoms with Gasteiger partial charge in [-0.25, -0.2) is 4.79 Å². The largest absolute Gasteiger partial charge is 0.478 e. The van der Waals surface area contributed by atoms with Crippen LogP contribution in [0.4, 0.5) is 5.69 Å². The molecule has 2 aromatic rings. The van der Waals surface area contributed by atoms with Crippen LogP contribution in [0.1, 0.15) is 21.5 Å². The van der Waals surface area contributed by atoms with Gasteiger partial charge in [-0.3, -0.25) is 0 Å². The van der Waals surface area contributed by atoms with Crippen molar-refractivity contribution in [3.63, 3.8) is 0 Å². The number of carboxylic acids is 1. The Morgan fingerprint density at radius 1 is 1.12 bits per heavy atom. The third-order valence-electron chi connectivity index (χ3n) is 3.23. The molecule has 0 radical (unpaired) electrons. The monoisotopic (exact) mass is 225 g/mol. The van der Waals surface area contributed by atoms with Crippen molar-refractivity contribution in [3.8, 4) is 11.1 Å². The van der Waals surface area contributed by atoms with Gasteiger partial charge < -0.3 is 10.8 Å². The highest BCUT2D eigenvalue weighted by atomic mass is 16.4. The van der Waals surface area contributed by atoms with Crippen molar-refractivity contribution in [2.45, 2.75) is 6.42 Å². The Morgan fingerprint density at radius 3 is 2.65 bits per heavy atom. The first-order chi connectivity index (χ1) is 8.18. The normalized spacial score (nSPS) is 12.0. The minimum Gasteiger partial charge on any atom is -0.478 e. The SMILES string of the molecule is Nc1ccc2c(c1C(=O)O)Cc1ccccc1-2. The highest BCUT2D eigenvalue weighted by molar-refractivity contribution is 5.99. The zero-order chi connectivity index (χ0) is 12.0. The number of nitrogen functional groups attached to an aromatic ring is 1. The lowest BCUT2D eigenvalue weighted by molar-refractivity contribution is 0.0697. The fourth-order valence-corrected chi connectivity index (χ4v) is 2.48. The smallest absolute Gasteiger partial charge is 0.338 e. The summed E-state index contributed by atoms with van der Waals surface area (Å²) in [4.78, 5) is 11.3.